The van der Waals surface area contributed by atoms with E-state index in [0.29, 0.717) is 13.1 Å². The third-order valence-corrected chi connectivity index (χ3v) is 2.80. The van der Waals surface area contributed by atoms with E-state index in [-0.39, 0.29) is 12.0 Å². The van der Waals surface area contributed by atoms with Crippen LogP contribution >= 0.6 is 0 Å². The molecule has 0 spiro atoms. The maximum Gasteiger partial charge on any atom is 0.304 e. The van der Waals surface area contributed by atoms with Crippen LogP contribution in [0, 0.1) is 0 Å². The number of hydrogen-bond donors (Lipinski definition) is 1. The lowest BCUT2D eigenvalue weighted by Crippen LogP contribution is -2.42. The molecule has 1 heterocycles. The van der Waals surface area contributed by atoms with Gasteiger partial charge >= 0.3 is 5.97 Å². The molecule has 0 radical (unpaired) electrons. The fourth-order valence-electron chi connectivity index (χ4n) is 1.60. The number of imidazole rings is 1. The molecule has 0 fully saturated rings. The van der Waals surface area contributed by atoms with Crippen LogP contribution in [-0.2, 0) is 18.4 Å². The molecule has 0 aliphatic carbocycles. The van der Waals surface area contributed by atoms with Gasteiger partial charge in [-0.3, -0.25) is 9.69 Å². The van der Waals surface area contributed by atoms with Crippen molar-refractivity contribution < 1.29 is 9.90 Å². The number of rotatable bonds is 5. The van der Waals surface area contributed by atoms with E-state index in [9.17, 15) is 4.79 Å². The minimum absolute atomic E-state index is 0.0681. The Balaban J connectivity index is 2.71. The zero-order valence-corrected chi connectivity index (χ0v) is 11.0. The first-order valence-corrected chi connectivity index (χ1v) is 5.74. The SMILES string of the molecule is Cn1ccnc1CN(CCC(=O)O)C(C)(C)C. The third kappa shape index (κ3) is 4.19. The maximum atomic E-state index is 10.7. The van der Waals surface area contributed by atoms with Gasteiger partial charge in [0.05, 0.1) is 13.0 Å². The van der Waals surface area contributed by atoms with Crippen molar-refractivity contribution in [2.24, 2.45) is 7.05 Å². The Morgan fingerprint density at radius 2 is 2.18 bits per heavy atom. The number of aliphatic carboxylic acids is 1. The highest BCUT2D eigenvalue weighted by Gasteiger charge is 2.23. The van der Waals surface area contributed by atoms with Gasteiger partial charge in [0, 0.05) is 31.5 Å². The van der Waals surface area contributed by atoms with Crippen LogP contribution in [0.4, 0.5) is 0 Å². The van der Waals surface area contributed by atoms with E-state index in [1.54, 1.807) is 6.20 Å². The Kier molecular flexibility index (Phi) is 4.28. The summed E-state index contributed by atoms with van der Waals surface area (Å²) in [6, 6.07) is 0. The van der Waals surface area contributed by atoms with Crippen molar-refractivity contribution >= 4 is 5.97 Å². The first-order chi connectivity index (χ1) is 7.80. The summed E-state index contributed by atoms with van der Waals surface area (Å²) in [5.74, 6) is 0.185. The molecule has 96 valence electrons. The Labute approximate surface area is 102 Å². The molecular formula is C12H21N3O2. The van der Waals surface area contributed by atoms with Gasteiger partial charge in [-0.2, -0.15) is 0 Å². The van der Waals surface area contributed by atoms with Crippen LogP contribution in [0.1, 0.15) is 33.0 Å². The smallest absolute Gasteiger partial charge is 0.304 e. The first-order valence-electron chi connectivity index (χ1n) is 5.74. The molecule has 0 aromatic carbocycles. The number of nitrogens with zero attached hydrogens (tertiary/aromatic N) is 3. The molecule has 5 nitrogen and oxygen atoms in total. The second-order valence-electron chi connectivity index (χ2n) is 5.19. The number of hydrogen-bond acceptors (Lipinski definition) is 3. The summed E-state index contributed by atoms with van der Waals surface area (Å²) < 4.78 is 1.96. The third-order valence-electron chi connectivity index (χ3n) is 2.80. The van der Waals surface area contributed by atoms with Gasteiger partial charge in [-0.1, -0.05) is 0 Å². The van der Waals surface area contributed by atoms with Crippen LogP contribution in [0.2, 0.25) is 0 Å². The second-order valence-corrected chi connectivity index (χ2v) is 5.19. The van der Waals surface area contributed by atoms with Gasteiger partial charge < -0.3 is 9.67 Å². The van der Waals surface area contributed by atoms with Crippen molar-refractivity contribution in [3.8, 4) is 0 Å². The molecule has 0 unspecified atom stereocenters. The molecule has 5 heteroatoms. The van der Waals surface area contributed by atoms with Crippen molar-refractivity contribution in [2.75, 3.05) is 6.54 Å². The van der Waals surface area contributed by atoms with Crippen molar-refractivity contribution in [2.45, 2.75) is 39.3 Å². The molecule has 0 aliphatic rings. The van der Waals surface area contributed by atoms with E-state index in [0.717, 1.165) is 5.82 Å². The van der Waals surface area contributed by atoms with Crippen molar-refractivity contribution in [3.63, 3.8) is 0 Å². The predicted molar refractivity (Wildman–Crippen MR) is 65.6 cm³/mol. The average molecular weight is 239 g/mol. The lowest BCUT2D eigenvalue weighted by atomic mass is 10.1. The summed E-state index contributed by atoms with van der Waals surface area (Å²) in [7, 11) is 1.94. The molecule has 0 bridgehead atoms. The van der Waals surface area contributed by atoms with Crippen LogP contribution in [0.15, 0.2) is 12.4 Å². The van der Waals surface area contributed by atoms with Gasteiger partial charge in [0.1, 0.15) is 5.82 Å². The Morgan fingerprint density at radius 1 is 1.53 bits per heavy atom. The minimum Gasteiger partial charge on any atom is -0.481 e. The van der Waals surface area contributed by atoms with Gasteiger partial charge in [-0.15, -0.1) is 0 Å². The second kappa shape index (κ2) is 5.31. The molecule has 1 N–H and O–H groups in total. The Bertz CT molecular complexity index is 379. The Hall–Kier alpha value is -1.36. The van der Waals surface area contributed by atoms with Gasteiger partial charge in [0.2, 0.25) is 0 Å². The average Bonchev–Trinajstić information content (AvgIpc) is 2.56. The van der Waals surface area contributed by atoms with Crippen molar-refractivity contribution in [3.05, 3.63) is 18.2 Å². The van der Waals surface area contributed by atoms with E-state index < -0.39 is 5.97 Å². The Morgan fingerprint density at radius 3 is 2.59 bits per heavy atom. The fourth-order valence-corrected chi connectivity index (χ4v) is 1.60. The van der Waals surface area contributed by atoms with Gasteiger partial charge in [0.25, 0.3) is 0 Å². The van der Waals surface area contributed by atoms with E-state index in [1.165, 1.54) is 0 Å². The normalized spacial score (nSPS) is 12.1. The van der Waals surface area contributed by atoms with E-state index in [2.05, 4.69) is 30.7 Å². The summed E-state index contributed by atoms with van der Waals surface area (Å²) in [6.07, 6.45) is 3.81. The topological polar surface area (TPSA) is 58.4 Å². The number of carbonyl (C=O) groups is 1. The molecule has 1 aromatic heterocycles. The van der Waals surface area contributed by atoms with Crippen molar-refractivity contribution in [1.29, 1.82) is 0 Å². The molecular weight excluding hydrogens is 218 g/mol. The summed E-state index contributed by atoms with van der Waals surface area (Å²) in [4.78, 5) is 17.1. The molecule has 1 aromatic rings. The van der Waals surface area contributed by atoms with Crippen LogP contribution in [-0.4, -0.2) is 37.6 Å². The zero-order chi connectivity index (χ0) is 13.1. The number of carboxylic acid groups (broad SMARTS) is 1. The van der Waals surface area contributed by atoms with Crippen LogP contribution < -0.4 is 0 Å². The number of carboxylic acids is 1. The van der Waals surface area contributed by atoms with Crippen LogP contribution in [0.25, 0.3) is 0 Å². The predicted octanol–water partition coefficient (Wildman–Crippen LogP) is 1.50. The number of aromatic nitrogens is 2. The highest BCUT2D eigenvalue weighted by molar-refractivity contribution is 5.66. The van der Waals surface area contributed by atoms with Crippen LogP contribution in [0.5, 0.6) is 0 Å². The molecule has 0 aliphatic heterocycles. The molecule has 1 rings (SSSR count). The molecule has 0 saturated carbocycles. The molecule has 17 heavy (non-hydrogen) atoms. The zero-order valence-electron chi connectivity index (χ0n) is 11.0. The first kappa shape index (κ1) is 13.7. The lowest BCUT2D eigenvalue weighted by molar-refractivity contribution is -0.137. The van der Waals surface area contributed by atoms with Crippen LogP contribution in [0.3, 0.4) is 0 Å². The summed E-state index contributed by atoms with van der Waals surface area (Å²) in [5, 5.41) is 8.76. The minimum atomic E-state index is -0.765. The van der Waals surface area contributed by atoms with Gasteiger partial charge in [-0.25, -0.2) is 4.98 Å². The number of aryl methyl sites for hydroxylation is 1. The monoisotopic (exact) mass is 239 g/mol. The highest BCUT2D eigenvalue weighted by Crippen LogP contribution is 2.16. The van der Waals surface area contributed by atoms with E-state index in [1.807, 2.05) is 17.8 Å². The van der Waals surface area contributed by atoms with E-state index in [4.69, 9.17) is 5.11 Å². The van der Waals surface area contributed by atoms with E-state index >= 15 is 0 Å². The quantitative estimate of drug-likeness (QED) is 0.846. The summed E-state index contributed by atoms with van der Waals surface area (Å²) in [5.41, 5.74) is -0.0681. The fraction of sp³-hybridized carbons (Fsp3) is 0.667. The largest absolute Gasteiger partial charge is 0.481 e. The highest BCUT2D eigenvalue weighted by atomic mass is 16.4. The molecule has 0 amide bonds. The maximum absolute atomic E-state index is 10.7. The lowest BCUT2D eigenvalue weighted by Gasteiger charge is -2.35. The van der Waals surface area contributed by atoms with Gasteiger partial charge in [0.15, 0.2) is 0 Å². The standard InChI is InChI=1S/C12H21N3O2/c1-12(2,3)15(7-5-11(16)17)9-10-13-6-8-14(10)4/h6,8H,5,7,9H2,1-4H3,(H,16,17). The molecule has 0 saturated heterocycles. The van der Waals surface area contributed by atoms with Crippen molar-refractivity contribution in [1.82, 2.24) is 14.5 Å². The summed E-state index contributed by atoms with van der Waals surface area (Å²) >= 11 is 0. The summed E-state index contributed by atoms with van der Waals surface area (Å²) in [6.45, 7) is 7.44. The molecule has 0 atom stereocenters. The van der Waals surface area contributed by atoms with Gasteiger partial charge in [-0.05, 0) is 20.8 Å².